The van der Waals surface area contributed by atoms with Gasteiger partial charge in [-0.05, 0) is 26.2 Å². The molecule has 1 aliphatic heterocycles. The molecule has 0 N–H and O–H groups in total. The summed E-state index contributed by atoms with van der Waals surface area (Å²) in [4.78, 5) is 12.6. The summed E-state index contributed by atoms with van der Waals surface area (Å²) in [6.07, 6.45) is 4.58. The topological polar surface area (TPSA) is 46.4 Å². The first-order valence-electron chi connectivity index (χ1n) is 6.34. The zero-order valence-electron chi connectivity index (χ0n) is 10.6. The molecular formula is C14H18N2O2. The van der Waals surface area contributed by atoms with Gasteiger partial charge in [-0.3, -0.25) is 10.1 Å². The summed E-state index contributed by atoms with van der Waals surface area (Å²) >= 11 is 0. The number of likely N-dealkylation sites (tertiary alicyclic amines) is 1. The molecule has 0 bridgehead atoms. The predicted molar refractivity (Wildman–Crippen MR) is 71.6 cm³/mol. The van der Waals surface area contributed by atoms with Crippen molar-refractivity contribution in [3.63, 3.8) is 0 Å². The maximum atomic E-state index is 10.8. The predicted octanol–water partition coefficient (Wildman–Crippen LogP) is 3.06. The Labute approximate surface area is 107 Å². The molecule has 1 saturated heterocycles. The Balaban J connectivity index is 2.30. The Kier molecular flexibility index (Phi) is 3.97. The Bertz CT molecular complexity index is 445. The summed E-state index contributed by atoms with van der Waals surface area (Å²) in [5.41, 5.74) is 2.83. The molecule has 96 valence electrons. The molecule has 18 heavy (non-hydrogen) atoms. The van der Waals surface area contributed by atoms with Crippen molar-refractivity contribution in [2.45, 2.75) is 26.2 Å². The average molecular weight is 246 g/mol. The number of nitro groups is 1. The standard InChI is InChI=1S/C14H18N2O2/c1-12-5-7-13(8-6-12)14(11-16(17)18)15-9-3-2-4-10-15/h5-8,11H,2-4,9-10H2,1H3/b14-11+. The molecule has 0 radical (unpaired) electrons. The van der Waals surface area contributed by atoms with Crippen molar-refractivity contribution in [1.29, 1.82) is 0 Å². The van der Waals surface area contributed by atoms with Crippen molar-refractivity contribution < 1.29 is 4.92 Å². The van der Waals surface area contributed by atoms with Crippen LogP contribution in [0.1, 0.15) is 30.4 Å². The summed E-state index contributed by atoms with van der Waals surface area (Å²) in [5, 5.41) is 10.8. The lowest BCUT2D eigenvalue weighted by Crippen LogP contribution is -2.28. The van der Waals surface area contributed by atoms with Crippen molar-refractivity contribution in [3.8, 4) is 0 Å². The number of aryl methyl sites for hydroxylation is 1. The van der Waals surface area contributed by atoms with Gasteiger partial charge in [-0.1, -0.05) is 29.8 Å². The largest absolute Gasteiger partial charge is 0.366 e. The molecule has 1 fully saturated rings. The Morgan fingerprint density at radius 3 is 2.39 bits per heavy atom. The lowest BCUT2D eigenvalue weighted by Gasteiger charge is -2.29. The Morgan fingerprint density at radius 1 is 1.22 bits per heavy atom. The zero-order valence-corrected chi connectivity index (χ0v) is 10.6. The highest BCUT2D eigenvalue weighted by atomic mass is 16.6. The average Bonchev–Trinajstić information content (AvgIpc) is 2.38. The van der Waals surface area contributed by atoms with Crippen LogP contribution in [0.2, 0.25) is 0 Å². The lowest BCUT2D eigenvalue weighted by molar-refractivity contribution is -0.402. The summed E-state index contributed by atoms with van der Waals surface area (Å²) in [7, 11) is 0. The van der Waals surface area contributed by atoms with E-state index < -0.39 is 0 Å². The SMILES string of the molecule is Cc1ccc(/C(=C\[N+](=O)[O-])N2CCCCC2)cc1. The minimum absolute atomic E-state index is 0.357. The zero-order chi connectivity index (χ0) is 13.0. The van der Waals surface area contributed by atoms with Gasteiger partial charge in [0.05, 0.1) is 4.92 Å². The Morgan fingerprint density at radius 2 is 1.83 bits per heavy atom. The quantitative estimate of drug-likeness (QED) is 0.608. The molecule has 2 rings (SSSR count). The number of piperidine rings is 1. The molecule has 1 aliphatic rings. The van der Waals surface area contributed by atoms with Gasteiger partial charge in [-0.15, -0.1) is 0 Å². The fourth-order valence-electron chi connectivity index (χ4n) is 2.30. The van der Waals surface area contributed by atoms with Crippen LogP contribution >= 0.6 is 0 Å². The van der Waals surface area contributed by atoms with Gasteiger partial charge in [0.15, 0.2) is 0 Å². The summed E-state index contributed by atoms with van der Waals surface area (Å²) in [6.45, 7) is 3.84. The van der Waals surface area contributed by atoms with E-state index in [1.54, 1.807) is 0 Å². The van der Waals surface area contributed by atoms with Crippen LogP contribution in [0.25, 0.3) is 5.70 Å². The minimum Gasteiger partial charge on any atom is -0.366 e. The van der Waals surface area contributed by atoms with E-state index in [1.807, 2.05) is 31.2 Å². The third-order valence-electron chi connectivity index (χ3n) is 3.27. The molecule has 0 saturated carbocycles. The van der Waals surface area contributed by atoms with Crippen molar-refractivity contribution in [1.82, 2.24) is 4.90 Å². The second kappa shape index (κ2) is 5.67. The van der Waals surface area contributed by atoms with Gasteiger partial charge in [-0.25, -0.2) is 0 Å². The van der Waals surface area contributed by atoms with Crippen LogP contribution < -0.4 is 0 Å². The van der Waals surface area contributed by atoms with E-state index in [0.29, 0.717) is 0 Å². The van der Waals surface area contributed by atoms with E-state index in [4.69, 9.17) is 0 Å². The maximum absolute atomic E-state index is 10.8. The second-order valence-electron chi connectivity index (χ2n) is 4.71. The van der Waals surface area contributed by atoms with E-state index in [0.717, 1.165) is 49.0 Å². The van der Waals surface area contributed by atoms with Gasteiger partial charge in [0.1, 0.15) is 5.70 Å². The molecule has 1 aromatic carbocycles. The first-order chi connectivity index (χ1) is 8.66. The van der Waals surface area contributed by atoms with Gasteiger partial charge in [0.2, 0.25) is 0 Å². The van der Waals surface area contributed by atoms with Crippen LogP contribution in [0.3, 0.4) is 0 Å². The van der Waals surface area contributed by atoms with Crippen LogP contribution in [0.4, 0.5) is 0 Å². The molecule has 4 heteroatoms. The molecule has 1 heterocycles. The number of benzene rings is 1. The van der Waals surface area contributed by atoms with E-state index in [1.165, 1.54) is 6.42 Å². The third-order valence-corrected chi connectivity index (χ3v) is 3.27. The molecule has 0 spiro atoms. The van der Waals surface area contributed by atoms with Gasteiger partial charge >= 0.3 is 0 Å². The lowest BCUT2D eigenvalue weighted by atomic mass is 10.1. The van der Waals surface area contributed by atoms with Crippen LogP contribution in [-0.2, 0) is 0 Å². The van der Waals surface area contributed by atoms with Gasteiger partial charge < -0.3 is 4.90 Å². The highest BCUT2D eigenvalue weighted by molar-refractivity contribution is 5.63. The van der Waals surface area contributed by atoms with Crippen LogP contribution in [0.5, 0.6) is 0 Å². The van der Waals surface area contributed by atoms with E-state index in [2.05, 4.69) is 4.90 Å². The second-order valence-corrected chi connectivity index (χ2v) is 4.71. The molecule has 0 aliphatic carbocycles. The third kappa shape index (κ3) is 3.09. The summed E-state index contributed by atoms with van der Waals surface area (Å²) < 4.78 is 0. The van der Waals surface area contributed by atoms with Crippen molar-refractivity contribution in [2.75, 3.05) is 13.1 Å². The highest BCUT2D eigenvalue weighted by Crippen LogP contribution is 2.23. The monoisotopic (exact) mass is 246 g/mol. The first kappa shape index (κ1) is 12.6. The van der Waals surface area contributed by atoms with Crippen LogP contribution in [0.15, 0.2) is 30.5 Å². The number of hydrogen-bond acceptors (Lipinski definition) is 3. The first-order valence-corrected chi connectivity index (χ1v) is 6.34. The molecular weight excluding hydrogens is 228 g/mol. The fraction of sp³-hybridized carbons (Fsp3) is 0.429. The van der Waals surface area contributed by atoms with Crippen molar-refractivity contribution in [2.24, 2.45) is 0 Å². The molecule has 0 atom stereocenters. The Hall–Kier alpha value is -1.84. The van der Waals surface area contributed by atoms with E-state index >= 15 is 0 Å². The normalized spacial score (nSPS) is 16.7. The molecule has 0 aromatic heterocycles. The number of nitrogens with zero attached hydrogens (tertiary/aromatic N) is 2. The smallest absolute Gasteiger partial charge is 0.258 e. The van der Waals surface area contributed by atoms with Gasteiger partial charge in [0, 0.05) is 18.7 Å². The number of rotatable bonds is 3. The van der Waals surface area contributed by atoms with Crippen LogP contribution in [0, 0.1) is 17.0 Å². The van der Waals surface area contributed by atoms with E-state index in [9.17, 15) is 10.1 Å². The molecule has 1 aromatic rings. The summed E-state index contributed by atoms with van der Waals surface area (Å²) in [5.74, 6) is 0. The van der Waals surface area contributed by atoms with E-state index in [-0.39, 0.29) is 4.92 Å². The van der Waals surface area contributed by atoms with Crippen molar-refractivity contribution >= 4 is 5.70 Å². The molecule has 4 nitrogen and oxygen atoms in total. The van der Waals surface area contributed by atoms with Crippen LogP contribution in [-0.4, -0.2) is 22.9 Å². The van der Waals surface area contributed by atoms with Gasteiger partial charge in [0.25, 0.3) is 6.20 Å². The minimum atomic E-state index is -0.357. The summed E-state index contributed by atoms with van der Waals surface area (Å²) in [6, 6.07) is 7.90. The molecule has 0 amide bonds. The number of hydrogen-bond donors (Lipinski definition) is 0. The maximum Gasteiger partial charge on any atom is 0.258 e. The highest BCUT2D eigenvalue weighted by Gasteiger charge is 2.17. The van der Waals surface area contributed by atoms with Gasteiger partial charge in [-0.2, -0.15) is 0 Å². The fourth-order valence-corrected chi connectivity index (χ4v) is 2.30. The molecule has 0 unspecified atom stereocenters. The van der Waals surface area contributed by atoms with Crippen molar-refractivity contribution in [3.05, 3.63) is 51.7 Å².